The molecule has 7 nitrogen and oxygen atoms in total. The summed E-state index contributed by atoms with van der Waals surface area (Å²) in [7, 11) is 0. The highest BCUT2D eigenvalue weighted by Crippen LogP contribution is 2.45. The van der Waals surface area contributed by atoms with Gasteiger partial charge >= 0.3 is 0 Å². The van der Waals surface area contributed by atoms with Crippen LogP contribution in [0.15, 0.2) is 249 Å². The second kappa shape index (κ2) is 16.6. The van der Waals surface area contributed by atoms with E-state index < -0.39 is 0 Å². The average molecular weight is 996 g/mol. The Morgan fingerprint density at radius 2 is 0.885 bits per heavy atom. The number of benzene rings is 11. The van der Waals surface area contributed by atoms with Crippen molar-refractivity contribution < 1.29 is 0 Å². The molecule has 1 unspecified atom stereocenters. The second-order valence-corrected chi connectivity index (χ2v) is 20.7. The molecular weight excluding hydrogens is 951 g/mol. The Hall–Kier alpha value is -10.4. The molecule has 0 saturated carbocycles. The van der Waals surface area contributed by atoms with E-state index in [9.17, 15) is 0 Å². The van der Waals surface area contributed by atoms with E-state index in [2.05, 4.69) is 273 Å². The predicted molar refractivity (Wildman–Crippen MR) is 322 cm³/mol. The molecule has 17 rings (SSSR count). The van der Waals surface area contributed by atoms with Gasteiger partial charge in [0.1, 0.15) is 5.82 Å². The van der Waals surface area contributed by atoms with E-state index in [1.54, 1.807) is 0 Å². The summed E-state index contributed by atoms with van der Waals surface area (Å²) in [6.45, 7) is 0. The minimum absolute atomic E-state index is 0.0370. The van der Waals surface area contributed by atoms with Gasteiger partial charge in [0, 0.05) is 71.6 Å². The molecule has 5 heterocycles. The Morgan fingerprint density at radius 1 is 0.346 bits per heavy atom. The molecule has 0 spiro atoms. The molecule has 1 aliphatic rings. The fraction of sp³-hybridized carbons (Fsp3) is 0.0282. The molecule has 0 N–H and O–H groups in total. The molecule has 5 aromatic heterocycles. The lowest BCUT2D eigenvalue weighted by atomic mass is 9.89. The highest BCUT2D eigenvalue weighted by Gasteiger charge is 2.27. The predicted octanol–water partition coefficient (Wildman–Crippen LogP) is 17.4. The molecule has 0 fully saturated rings. The van der Waals surface area contributed by atoms with E-state index >= 15 is 0 Å². The molecule has 1 aliphatic carbocycles. The van der Waals surface area contributed by atoms with Crippen LogP contribution < -0.4 is 0 Å². The van der Waals surface area contributed by atoms with Crippen molar-refractivity contribution in [3.63, 3.8) is 0 Å². The van der Waals surface area contributed by atoms with Crippen molar-refractivity contribution in [3.05, 3.63) is 266 Å². The topological polar surface area (TPSA) is 58.4 Å². The third-order valence-electron chi connectivity index (χ3n) is 16.5. The zero-order chi connectivity index (χ0) is 51.0. The van der Waals surface area contributed by atoms with Gasteiger partial charge in [-0.1, -0.05) is 182 Å². The molecule has 16 aromatic rings. The van der Waals surface area contributed by atoms with E-state index in [-0.39, 0.29) is 5.92 Å². The van der Waals surface area contributed by atoms with Crippen LogP contribution in [-0.2, 0) is 6.42 Å². The Balaban J connectivity index is 0.907. The summed E-state index contributed by atoms with van der Waals surface area (Å²) >= 11 is 0. The number of para-hydroxylation sites is 5. The zero-order valence-electron chi connectivity index (χ0n) is 42.2. The number of rotatable bonds is 6. The summed E-state index contributed by atoms with van der Waals surface area (Å²) in [5.74, 6) is 1.96. The normalized spacial score (nSPS) is 13.7. The van der Waals surface area contributed by atoms with Crippen molar-refractivity contribution in [1.29, 1.82) is 0 Å². The fourth-order valence-electron chi connectivity index (χ4n) is 13.1. The lowest BCUT2D eigenvalue weighted by Crippen LogP contribution is -2.14. The van der Waals surface area contributed by atoms with Crippen molar-refractivity contribution in [2.24, 2.45) is 0 Å². The van der Waals surface area contributed by atoms with Crippen molar-refractivity contribution in [1.82, 2.24) is 33.2 Å². The van der Waals surface area contributed by atoms with Crippen LogP contribution in [0.5, 0.6) is 0 Å². The number of hydrogen-bond acceptors (Lipinski definition) is 3. The number of hydrogen-bond donors (Lipinski definition) is 0. The molecule has 0 radical (unpaired) electrons. The maximum atomic E-state index is 5.49. The molecule has 11 aromatic carbocycles. The van der Waals surface area contributed by atoms with E-state index in [0.717, 1.165) is 84.1 Å². The van der Waals surface area contributed by atoms with Crippen LogP contribution in [0.25, 0.3) is 138 Å². The van der Waals surface area contributed by atoms with Crippen LogP contribution in [0.2, 0.25) is 0 Å². The maximum Gasteiger partial charge on any atom is 0.238 e. The summed E-state index contributed by atoms with van der Waals surface area (Å²) < 4.78 is 9.66. The zero-order valence-corrected chi connectivity index (χ0v) is 42.2. The molecule has 364 valence electrons. The van der Waals surface area contributed by atoms with Gasteiger partial charge in [-0.3, -0.25) is 4.57 Å². The van der Waals surface area contributed by atoms with Crippen molar-refractivity contribution in [2.75, 3.05) is 0 Å². The number of aromatic nitrogens is 7. The van der Waals surface area contributed by atoms with E-state index in [4.69, 9.17) is 15.0 Å². The Morgan fingerprint density at radius 3 is 1.59 bits per heavy atom. The lowest BCUT2D eigenvalue weighted by Gasteiger charge is -2.19. The Labute approximate surface area is 447 Å². The minimum atomic E-state index is -0.0370. The van der Waals surface area contributed by atoms with E-state index in [1.165, 1.54) is 59.9 Å². The highest BCUT2D eigenvalue weighted by molar-refractivity contribution is 6.27. The fourth-order valence-corrected chi connectivity index (χ4v) is 13.1. The van der Waals surface area contributed by atoms with Crippen LogP contribution in [0.4, 0.5) is 0 Å². The largest absolute Gasteiger partial charge is 0.309 e. The second-order valence-electron chi connectivity index (χ2n) is 20.7. The first kappa shape index (κ1) is 42.9. The summed E-state index contributed by atoms with van der Waals surface area (Å²) in [4.78, 5) is 16.3. The molecule has 0 saturated heterocycles. The molecule has 0 aliphatic heterocycles. The van der Waals surface area contributed by atoms with Crippen molar-refractivity contribution in [2.45, 2.75) is 12.3 Å². The number of fused-ring (bicyclic) bond motifs is 16. The molecule has 0 bridgehead atoms. The third-order valence-corrected chi connectivity index (χ3v) is 16.5. The third kappa shape index (κ3) is 6.24. The lowest BCUT2D eigenvalue weighted by molar-refractivity contribution is 0.736. The van der Waals surface area contributed by atoms with Crippen LogP contribution in [-0.4, -0.2) is 33.2 Å². The highest BCUT2D eigenvalue weighted by atomic mass is 15.2. The number of nitrogens with zero attached hydrogens (tertiary/aromatic N) is 7. The molecular formula is C71H45N7. The van der Waals surface area contributed by atoms with Gasteiger partial charge in [0.2, 0.25) is 5.95 Å². The first-order valence-corrected chi connectivity index (χ1v) is 26.8. The van der Waals surface area contributed by atoms with Gasteiger partial charge in [-0.15, -0.1) is 0 Å². The SMILES string of the molecule is C1=CC(c2nc(-c3ccc4ccccc4c3)nc(-n3c4ccccc4c4c3ccc3c5ccccc5n(-c5cccc(-n6c7ccccc7c7c6ccc6c8ccccc8n(-c8ccccc8)c67)c5)c34)n2)Cc2ccccc21. The number of allylic oxidation sites excluding steroid dienone is 1. The molecule has 7 heteroatoms. The summed E-state index contributed by atoms with van der Waals surface area (Å²) in [5.41, 5.74) is 15.8. The molecule has 0 amide bonds. The molecule has 1 atom stereocenters. The van der Waals surface area contributed by atoms with Crippen molar-refractivity contribution >= 4 is 104 Å². The van der Waals surface area contributed by atoms with Crippen LogP contribution >= 0.6 is 0 Å². The maximum absolute atomic E-state index is 5.49. The monoisotopic (exact) mass is 995 g/mol. The van der Waals surface area contributed by atoms with E-state index in [0.29, 0.717) is 11.8 Å². The summed E-state index contributed by atoms with van der Waals surface area (Å²) in [6, 6.07) is 88.0. The van der Waals surface area contributed by atoms with Gasteiger partial charge in [-0.05, 0) is 101 Å². The van der Waals surface area contributed by atoms with E-state index in [1.807, 2.05) is 0 Å². The van der Waals surface area contributed by atoms with Crippen LogP contribution in [0.3, 0.4) is 0 Å². The van der Waals surface area contributed by atoms with Gasteiger partial charge < -0.3 is 13.7 Å². The van der Waals surface area contributed by atoms with Gasteiger partial charge in [0.25, 0.3) is 0 Å². The molecule has 78 heavy (non-hydrogen) atoms. The van der Waals surface area contributed by atoms with Crippen LogP contribution in [0, 0.1) is 0 Å². The minimum Gasteiger partial charge on any atom is -0.309 e. The van der Waals surface area contributed by atoms with Gasteiger partial charge in [-0.25, -0.2) is 4.98 Å². The quantitative estimate of drug-likeness (QED) is 0.167. The average Bonchev–Trinajstić information content (AvgIpc) is 4.41. The van der Waals surface area contributed by atoms with Crippen molar-refractivity contribution in [3.8, 4) is 34.4 Å². The Kier molecular flexibility index (Phi) is 9.12. The van der Waals surface area contributed by atoms with Gasteiger partial charge in [0.15, 0.2) is 5.82 Å². The first-order valence-electron chi connectivity index (χ1n) is 26.8. The van der Waals surface area contributed by atoms with Gasteiger partial charge in [0.05, 0.1) is 44.1 Å². The summed E-state index contributed by atoms with van der Waals surface area (Å²) in [6.07, 6.45) is 5.29. The first-order chi connectivity index (χ1) is 38.7. The summed E-state index contributed by atoms with van der Waals surface area (Å²) in [5, 5.41) is 11.9. The van der Waals surface area contributed by atoms with Gasteiger partial charge in [-0.2, -0.15) is 9.97 Å². The Bertz CT molecular complexity index is 5200. The standard InChI is InChI=1S/C71H45N7/c1-2-21-50(22-3-1)76-59-29-12-8-25-53(59)55-37-39-63-65(67(55)76)57-27-10-14-31-61(57)75(63)51-23-16-24-52(43-51)77-60-30-13-9-26-54(60)56-38-40-64-66(68(56)77)58-28-11-15-32-62(58)78(64)71-73-69(48-35-33-44-17-4-6-19-46(44)41-48)72-70(74-71)49-36-34-45-18-5-7-20-47(45)42-49/h1-41,43,49H,42H2. The van der Waals surface area contributed by atoms with Crippen LogP contribution in [0.1, 0.15) is 22.9 Å². The smallest absolute Gasteiger partial charge is 0.238 e.